The van der Waals surface area contributed by atoms with Gasteiger partial charge in [-0.15, -0.1) is 0 Å². The van der Waals surface area contributed by atoms with Gasteiger partial charge in [0, 0.05) is 60.4 Å². The topological polar surface area (TPSA) is 89.1 Å². The number of aromatic nitrogens is 4. The van der Waals surface area contributed by atoms with E-state index in [-0.39, 0.29) is 11.6 Å². The lowest BCUT2D eigenvalue weighted by molar-refractivity contribution is 0.102. The summed E-state index contributed by atoms with van der Waals surface area (Å²) >= 11 is 0. The number of pyridine rings is 1. The van der Waals surface area contributed by atoms with Crippen LogP contribution in [0.25, 0.3) is 22.0 Å². The van der Waals surface area contributed by atoms with Gasteiger partial charge in [0.2, 0.25) is 0 Å². The smallest absolute Gasteiger partial charge is 0.277 e. The molecule has 1 fully saturated rings. The molecule has 31 heavy (non-hydrogen) atoms. The van der Waals surface area contributed by atoms with Crippen molar-refractivity contribution in [3.63, 3.8) is 0 Å². The predicted octanol–water partition coefficient (Wildman–Crippen LogP) is 4.17. The number of oxazole rings is 1. The van der Waals surface area contributed by atoms with E-state index in [9.17, 15) is 4.79 Å². The molecule has 8 heteroatoms. The number of hydrogen-bond donors (Lipinski definition) is 1. The highest BCUT2D eigenvalue weighted by molar-refractivity contribution is 6.06. The van der Waals surface area contributed by atoms with Crippen LogP contribution >= 0.6 is 0 Å². The van der Waals surface area contributed by atoms with E-state index in [1.165, 1.54) is 31.9 Å². The van der Waals surface area contributed by atoms with Crippen molar-refractivity contribution < 1.29 is 9.21 Å². The molecule has 1 N–H and O–H groups in total. The molecule has 4 heterocycles. The van der Waals surface area contributed by atoms with Gasteiger partial charge in [-0.3, -0.25) is 14.5 Å². The zero-order valence-corrected chi connectivity index (χ0v) is 17.6. The first-order valence-electron chi connectivity index (χ1n) is 10.5. The summed E-state index contributed by atoms with van der Waals surface area (Å²) in [7, 11) is 1.93. The Bertz CT molecular complexity index is 1240. The van der Waals surface area contributed by atoms with Gasteiger partial charge < -0.3 is 14.6 Å². The summed E-state index contributed by atoms with van der Waals surface area (Å²) in [5.41, 5.74) is 5.82. The first kappa shape index (κ1) is 19.3. The summed E-state index contributed by atoms with van der Waals surface area (Å²) in [6.07, 6.45) is 9.90. The van der Waals surface area contributed by atoms with Gasteiger partial charge in [0.25, 0.3) is 5.91 Å². The molecule has 0 unspecified atom stereocenters. The van der Waals surface area contributed by atoms with Crippen LogP contribution in [0.2, 0.25) is 0 Å². The van der Waals surface area contributed by atoms with Gasteiger partial charge in [-0.2, -0.15) is 5.10 Å². The van der Waals surface area contributed by atoms with Crippen molar-refractivity contribution in [3.05, 3.63) is 54.6 Å². The molecule has 1 aromatic carbocycles. The number of nitrogens with one attached hydrogen (secondary N) is 1. The van der Waals surface area contributed by atoms with Crippen molar-refractivity contribution in [2.24, 2.45) is 7.05 Å². The Labute approximate surface area is 179 Å². The summed E-state index contributed by atoms with van der Waals surface area (Å²) in [6.45, 7) is 3.98. The monoisotopic (exact) mass is 416 g/mol. The maximum Gasteiger partial charge on any atom is 0.277 e. The summed E-state index contributed by atoms with van der Waals surface area (Å²) in [4.78, 5) is 23.6. The summed E-state index contributed by atoms with van der Waals surface area (Å²) < 4.78 is 6.79. The lowest BCUT2D eigenvalue weighted by Crippen LogP contribution is -2.30. The number of nitrogens with zero attached hydrogens (tertiary/aromatic N) is 5. The lowest BCUT2D eigenvalue weighted by atomic mass is 9.97. The zero-order chi connectivity index (χ0) is 21.4. The minimum Gasteiger partial charge on any atom is -0.451 e. The highest BCUT2D eigenvalue weighted by Crippen LogP contribution is 2.40. The van der Waals surface area contributed by atoms with Crippen molar-refractivity contribution in [3.8, 4) is 11.1 Å². The van der Waals surface area contributed by atoms with E-state index >= 15 is 0 Å². The third kappa shape index (κ3) is 3.65. The van der Waals surface area contributed by atoms with Gasteiger partial charge in [0.05, 0.1) is 11.2 Å². The van der Waals surface area contributed by atoms with Crippen molar-refractivity contribution >= 4 is 28.2 Å². The fourth-order valence-corrected chi connectivity index (χ4v) is 4.30. The van der Waals surface area contributed by atoms with E-state index in [4.69, 9.17) is 4.42 Å². The predicted molar refractivity (Wildman–Crippen MR) is 119 cm³/mol. The minimum absolute atomic E-state index is 0.236. The Morgan fingerprint density at radius 1 is 1.16 bits per heavy atom. The van der Waals surface area contributed by atoms with E-state index < -0.39 is 0 Å². The number of fused-ring (bicyclic) bond motifs is 1. The summed E-state index contributed by atoms with van der Waals surface area (Å²) in [5, 5.41) is 8.66. The minimum atomic E-state index is -0.317. The van der Waals surface area contributed by atoms with Crippen molar-refractivity contribution in [1.82, 2.24) is 19.7 Å². The Morgan fingerprint density at radius 3 is 2.77 bits per heavy atom. The molecule has 3 aromatic heterocycles. The Hall–Kier alpha value is -3.68. The molecule has 1 aliphatic rings. The first-order valence-corrected chi connectivity index (χ1v) is 10.5. The first-order chi connectivity index (χ1) is 15.1. The second-order valence-electron chi connectivity index (χ2n) is 7.93. The molecule has 0 radical (unpaired) electrons. The standard InChI is InChI=1S/C23H24N6O2/c1-15-22(18(6-7-24-15)26-23(30)20-13-31-14-25-20)17-10-16-12-28(2)27-19(16)11-21(17)29-8-4-3-5-9-29/h6-7,10-14H,3-5,8-9H2,1-2H3,(H,24,26,30). The van der Waals surface area contributed by atoms with Crippen LogP contribution < -0.4 is 10.2 Å². The number of hydrogen-bond acceptors (Lipinski definition) is 6. The fourth-order valence-electron chi connectivity index (χ4n) is 4.30. The Kier molecular flexibility index (Phi) is 4.89. The van der Waals surface area contributed by atoms with E-state index in [0.717, 1.165) is 46.5 Å². The number of piperidine rings is 1. The van der Waals surface area contributed by atoms with E-state index in [1.54, 1.807) is 6.20 Å². The van der Waals surface area contributed by atoms with Gasteiger partial charge >= 0.3 is 0 Å². The zero-order valence-electron chi connectivity index (χ0n) is 17.6. The normalized spacial score (nSPS) is 14.2. The van der Waals surface area contributed by atoms with Gasteiger partial charge in [-0.25, -0.2) is 4.98 Å². The molecule has 0 bridgehead atoms. The van der Waals surface area contributed by atoms with Crippen molar-refractivity contribution in [1.29, 1.82) is 0 Å². The fraction of sp³-hybridized carbons (Fsp3) is 0.304. The van der Waals surface area contributed by atoms with Gasteiger partial charge in [-0.1, -0.05) is 0 Å². The highest BCUT2D eigenvalue weighted by atomic mass is 16.3. The molecule has 158 valence electrons. The van der Waals surface area contributed by atoms with Crippen LogP contribution in [0, 0.1) is 6.92 Å². The Balaban J connectivity index is 1.66. The van der Waals surface area contributed by atoms with Gasteiger partial charge in [0.15, 0.2) is 12.1 Å². The van der Waals surface area contributed by atoms with Crippen LogP contribution in [-0.4, -0.2) is 38.7 Å². The maximum atomic E-state index is 12.7. The van der Waals surface area contributed by atoms with Gasteiger partial charge in [-0.05, 0) is 44.4 Å². The molecule has 0 saturated carbocycles. The maximum absolute atomic E-state index is 12.7. The molecule has 4 aromatic rings. The summed E-state index contributed by atoms with van der Waals surface area (Å²) in [6, 6.07) is 6.14. The van der Waals surface area contributed by atoms with E-state index in [1.807, 2.05) is 30.9 Å². The van der Waals surface area contributed by atoms with Crippen molar-refractivity contribution in [2.45, 2.75) is 26.2 Å². The van der Waals surface area contributed by atoms with Crippen LogP contribution in [0.1, 0.15) is 35.4 Å². The second kappa shape index (κ2) is 7.86. The van der Waals surface area contributed by atoms with Crippen LogP contribution in [-0.2, 0) is 7.05 Å². The molecular formula is C23H24N6O2. The molecule has 0 aliphatic carbocycles. The SMILES string of the molecule is Cc1nccc(NC(=O)c2cocn2)c1-c1cc2cn(C)nc2cc1N1CCCCC1. The molecule has 0 atom stereocenters. The largest absolute Gasteiger partial charge is 0.451 e. The van der Waals surface area contributed by atoms with E-state index in [2.05, 4.69) is 37.4 Å². The average molecular weight is 416 g/mol. The number of amides is 1. The number of rotatable bonds is 4. The molecule has 5 rings (SSSR count). The van der Waals surface area contributed by atoms with Crippen LogP contribution in [0.15, 0.2) is 47.7 Å². The molecular weight excluding hydrogens is 392 g/mol. The molecule has 1 amide bonds. The molecule has 0 spiro atoms. The lowest BCUT2D eigenvalue weighted by Gasteiger charge is -2.31. The average Bonchev–Trinajstić information content (AvgIpc) is 3.42. The number of carbonyl (C=O) groups excluding carboxylic acids is 1. The van der Waals surface area contributed by atoms with Crippen molar-refractivity contribution in [2.75, 3.05) is 23.3 Å². The second-order valence-corrected chi connectivity index (χ2v) is 7.93. The number of benzene rings is 1. The molecule has 8 nitrogen and oxygen atoms in total. The van der Waals surface area contributed by atoms with E-state index in [0.29, 0.717) is 5.69 Å². The molecule has 1 aliphatic heterocycles. The highest BCUT2D eigenvalue weighted by Gasteiger charge is 2.22. The van der Waals surface area contributed by atoms with Crippen LogP contribution in [0.3, 0.4) is 0 Å². The quantitative estimate of drug-likeness (QED) is 0.537. The number of aryl methyl sites for hydroxylation is 2. The van der Waals surface area contributed by atoms with Crippen LogP contribution in [0.4, 0.5) is 11.4 Å². The van der Waals surface area contributed by atoms with Gasteiger partial charge in [0.1, 0.15) is 6.26 Å². The number of anilines is 2. The summed E-state index contributed by atoms with van der Waals surface area (Å²) in [5.74, 6) is -0.317. The van der Waals surface area contributed by atoms with Crippen LogP contribution in [0.5, 0.6) is 0 Å². The third-order valence-electron chi connectivity index (χ3n) is 5.76. The Morgan fingerprint density at radius 2 is 2.00 bits per heavy atom. The molecule has 1 saturated heterocycles. The number of carbonyl (C=O) groups is 1. The third-order valence-corrected chi connectivity index (χ3v) is 5.76.